The van der Waals surface area contributed by atoms with E-state index in [1.807, 2.05) is 0 Å². The van der Waals surface area contributed by atoms with Crippen LogP contribution in [0.25, 0.3) is 10.1 Å². The number of halogens is 6. The molecular weight excluding hydrogens is 420 g/mol. The number of alkyl halides is 6. The number of nitrogens with zero attached hydrogens (tertiary/aromatic N) is 1. The molecule has 0 aliphatic carbocycles. The normalized spacial score (nSPS) is 12.2. The molecule has 4 nitrogen and oxygen atoms in total. The summed E-state index contributed by atoms with van der Waals surface area (Å²) in [5, 5.41) is 5.29. The van der Waals surface area contributed by atoms with Crippen LogP contribution in [-0.2, 0) is 23.6 Å². The molecule has 29 heavy (non-hydrogen) atoms. The van der Waals surface area contributed by atoms with Gasteiger partial charge in [-0.15, -0.1) is 11.3 Å². The van der Waals surface area contributed by atoms with Crippen LogP contribution in [-0.4, -0.2) is 17.9 Å². The maximum Gasteiger partial charge on any atom is 0.417 e. The fourth-order valence-corrected chi connectivity index (χ4v) is 3.67. The highest BCUT2D eigenvalue weighted by Crippen LogP contribution is 2.35. The number of pyridine rings is 1. The molecule has 154 valence electrons. The molecule has 3 rings (SSSR count). The molecule has 0 bridgehead atoms. The lowest BCUT2D eigenvalue weighted by molar-refractivity contribution is -0.138. The molecule has 0 saturated heterocycles. The predicted octanol–water partition coefficient (Wildman–Crippen LogP) is 5.56. The number of aromatic nitrogens is 1. The van der Waals surface area contributed by atoms with Gasteiger partial charge in [-0.1, -0.05) is 0 Å². The van der Waals surface area contributed by atoms with Gasteiger partial charge in [0.2, 0.25) is 5.91 Å². The summed E-state index contributed by atoms with van der Waals surface area (Å²) in [6.07, 6.45) is -8.67. The zero-order valence-corrected chi connectivity index (χ0v) is 15.5. The van der Waals surface area contributed by atoms with Crippen molar-refractivity contribution in [2.24, 2.45) is 0 Å². The van der Waals surface area contributed by atoms with Gasteiger partial charge in [0.1, 0.15) is 5.82 Å². The monoisotopic (exact) mass is 433 g/mol. The Hall–Kier alpha value is -2.82. The molecule has 0 spiro atoms. The Morgan fingerprint density at radius 2 is 1.72 bits per heavy atom. The molecular formula is C18H13F6N3OS. The van der Waals surface area contributed by atoms with Crippen molar-refractivity contribution in [3.63, 3.8) is 0 Å². The number of benzene rings is 1. The first kappa shape index (κ1) is 20.9. The van der Waals surface area contributed by atoms with Gasteiger partial charge in [-0.3, -0.25) is 4.79 Å². The molecule has 0 saturated carbocycles. The van der Waals surface area contributed by atoms with Crippen molar-refractivity contribution >= 4 is 38.8 Å². The Bertz CT molecular complexity index is 1060. The summed E-state index contributed by atoms with van der Waals surface area (Å²) in [5.74, 6) is -0.567. The van der Waals surface area contributed by atoms with E-state index in [9.17, 15) is 31.1 Å². The number of rotatable bonds is 4. The summed E-state index contributed by atoms with van der Waals surface area (Å²) in [6, 6.07) is 5.48. The summed E-state index contributed by atoms with van der Waals surface area (Å²) in [7, 11) is 1.44. The Morgan fingerprint density at radius 3 is 2.34 bits per heavy atom. The lowest BCUT2D eigenvalue weighted by Gasteiger charge is -2.13. The third-order valence-corrected chi connectivity index (χ3v) is 5.07. The van der Waals surface area contributed by atoms with Crippen molar-refractivity contribution in [1.82, 2.24) is 4.98 Å². The fourth-order valence-electron chi connectivity index (χ4n) is 2.63. The third kappa shape index (κ3) is 4.78. The van der Waals surface area contributed by atoms with Gasteiger partial charge < -0.3 is 10.6 Å². The van der Waals surface area contributed by atoms with Crippen LogP contribution < -0.4 is 10.6 Å². The Balaban J connectivity index is 1.80. The van der Waals surface area contributed by atoms with E-state index in [0.29, 0.717) is 21.2 Å². The van der Waals surface area contributed by atoms with E-state index >= 15 is 0 Å². The average Bonchev–Trinajstić information content (AvgIpc) is 3.01. The summed E-state index contributed by atoms with van der Waals surface area (Å²) in [6.45, 7) is 0. The maximum absolute atomic E-state index is 12.9. The Morgan fingerprint density at radius 1 is 1.03 bits per heavy atom. The molecule has 0 aliphatic rings. The third-order valence-electron chi connectivity index (χ3n) is 3.96. The number of carbonyl (C=O) groups excluding carboxylic acids is 1. The van der Waals surface area contributed by atoms with E-state index in [0.717, 1.165) is 29.5 Å². The molecule has 0 radical (unpaired) electrons. The minimum atomic E-state index is -4.62. The van der Waals surface area contributed by atoms with Gasteiger partial charge in [0.25, 0.3) is 0 Å². The summed E-state index contributed by atoms with van der Waals surface area (Å²) < 4.78 is 77.6. The number of fused-ring (bicyclic) bond motifs is 1. The van der Waals surface area contributed by atoms with Gasteiger partial charge in [0, 0.05) is 22.8 Å². The second-order valence-electron chi connectivity index (χ2n) is 6.06. The van der Waals surface area contributed by atoms with Gasteiger partial charge in [-0.25, -0.2) is 4.98 Å². The molecule has 2 aromatic heterocycles. The van der Waals surface area contributed by atoms with Crippen LogP contribution in [0.1, 0.15) is 16.0 Å². The minimum Gasteiger partial charge on any atom is -0.371 e. The first-order valence-electron chi connectivity index (χ1n) is 8.12. The largest absolute Gasteiger partial charge is 0.417 e. The van der Waals surface area contributed by atoms with E-state index in [4.69, 9.17) is 0 Å². The van der Waals surface area contributed by atoms with Crippen LogP contribution in [0, 0.1) is 0 Å². The minimum absolute atomic E-state index is 0.0532. The summed E-state index contributed by atoms with van der Waals surface area (Å²) >= 11 is 1.13. The molecule has 0 unspecified atom stereocenters. The average molecular weight is 433 g/mol. The number of thiophene rings is 1. The maximum atomic E-state index is 12.9. The number of amides is 1. The van der Waals surface area contributed by atoms with Gasteiger partial charge in [-0.05, 0) is 35.7 Å². The van der Waals surface area contributed by atoms with Crippen molar-refractivity contribution in [2.45, 2.75) is 18.8 Å². The van der Waals surface area contributed by atoms with Crippen molar-refractivity contribution in [3.05, 3.63) is 52.5 Å². The van der Waals surface area contributed by atoms with E-state index in [-0.39, 0.29) is 17.9 Å². The van der Waals surface area contributed by atoms with Crippen LogP contribution >= 0.6 is 11.3 Å². The SMILES string of the molecule is CNc1ncc(C(F)(F)F)cc1NC(=O)Cc1cc2cc(C(F)(F)F)ccc2s1. The highest BCUT2D eigenvalue weighted by molar-refractivity contribution is 7.19. The molecule has 1 aromatic carbocycles. The quantitative estimate of drug-likeness (QED) is 0.530. The molecule has 0 fully saturated rings. The van der Waals surface area contributed by atoms with Crippen molar-refractivity contribution in [3.8, 4) is 0 Å². The molecule has 11 heteroatoms. The van der Waals surface area contributed by atoms with Crippen molar-refractivity contribution in [1.29, 1.82) is 0 Å². The number of carbonyl (C=O) groups is 1. The molecule has 2 N–H and O–H groups in total. The Labute approximate surface area is 164 Å². The fraction of sp³-hybridized carbons (Fsp3) is 0.222. The van der Waals surface area contributed by atoms with Gasteiger partial charge in [-0.2, -0.15) is 26.3 Å². The van der Waals surface area contributed by atoms with Crippen molar-refractivity contribution < 1.29 is 31.1 Å². The van der Waals surface area contributed by atoms with Gasteiger partial charge in [0.15, 0.2) is 0 Å². The molecule has 1 amide bonds. The summed E-state index contributed by atoms with van der Waals surface area (Å²) in [4.78, 5) is 16.4. The highest BCUT2D eigenvalue weighted by atomic mass is 32.1. The first-order chi connectivity index (χ1) is 13.5. The molecule has 0 aliphatic heterocycles. The first-order valence-corrected chi connectivity index (χ1v) is 8.93. The van der Waals surface area contributed by atoms with Crippen LogP contribution in [0.2, 0.25) is 0 Å². The van der Waals surface area contributed by atoms with E-state index in [1.165, 1.54) is 19.2 Å². The lowest BCUT2D eigenvalue weighted by atomic mass is 10.1. The van der Waals surface area contributed by atoms with Crippen molar-refractivity contribution in [2.75, 3.05) is 17.7 Å². The smallest absolute Gasteiger partial charge is 0.371 e. The molecule has 3 aromatic rings. The van der Waals surface area contributed by atoms with E-state index < -0.39 is 29.4 Å². The van der Waals surface area contributed by atoms with E-state index in [2.05, 4.69) is 15.6 Å². The standard InChI is InChI=1S/C18H13F6N3OS/c1-25-16-13(6-11(8-26-16)18(22,23)24)27-15(28)7-12-5-9-4-10(17(19,20)21)2-3-14(9)29-12/h2-6,8H,7H2,1H3,(H,25,26)(H,27,28). The number of hydrogen-bond acceptors (Lipinski definition) is 4. The van der Waals surface area contributed by atoms with Crippen LogP contribution in [0.5, 0.6) is 0 Å². The topological polar surface area (TPSA) is 54.0 Å². The Kier molecular flexibility index (Phi) is 5.44. The van der Waals surface area contributed by atoms with Gasteiger partial charge >= 0.3 is 12.4 Å². The lowest BCUT2D eigenvalue weighted by Crippen LogP contribution is -2.16. The van der Waals surface area contributed by atoms with E-state index in [1.54, 1.807) is 0 Å². The number of hydrogen-bond donors (Lipinski definition) is 2. The van der Waals surface area contributed by atoms with Crippen LogP contribution in [0.4, 0.5) is 37.8 Å². The zero-order valence-electron chi connectivity index (χ0n) is 14.7. The second-order valence-corrected chi connectivity index (χ2v) is 7.22. The molecule has 0 atom stereocenters. The number of anilines is 2. The predicted molar refractivity (Wildman–Crippen MR) is 97.9 cm³/mol. The van der Waals surface area contributed by atoms with Gasteiger partial charge in [0.05, 0.1) is 23.2 Å². The van der Waals surface area contributed by atoms with Crippen LogP contribution in [0.3, 0.4) is 0 Å². The highest BCUT2D eigenvalue weighted by Gasteiger charge is 2.32. The van der Waals surface area contributed by atoms with Crippen LogP contribution in [0.15, 0.2) is 36.5 Å². The zero-order chi connectivity index (χ0) is 21.4. The summed E-state index contributed by atoms with van der Waals surface area (Å²) in [5.41, 5.74) is -1.96. The second kappa shape index (κ2) is 7.54. The number of nitrogens with one attached hydrogen (secondary N) is 2. The molecule has 2 heterocycles.